The van der Waals surface area contributed by atoms with Crippen LogP contribution in [0.4, 0.5) is 0 Å². The number of carboxylic acids is 1. The van der Waals surface area contributed by atoms with Crippen LogP contribution in [0.15, 0.2) is 71.3 Å². The molecule has 0 amide bonds. The number of benzene rings is 2. The van der Waals surface area contributed by atoms with Crippen LogP contribution in [0.3, 0.4) is 0 Å². The molecule has 1 N–H and O–H groups in total. The predicted octanol–water partition coefficient (Wildman–Crippen LogP) is 5.58. The average molecular weight is 492 g/mol. The SMILES string of the molecule is O=C(O)c1ccc(-c2nc3cc(Br)cnc3n2C(c2ccccc2)C2CCOCC2)cc1. The summed E-state index contributed by atoms with van der Waals surface area (Å²) in [5, 5.41) is 9.30. The van der Waals surface area contributed by atoms with Crippen LogP contribution >= 0.6 is 15.9 Å². The van der Waals surface area contributed by atoms with Gasteiger partial charge in [0, 0.05) is 29.4 Å². The highest BCUT2D eigenvalue weighted by molar-refractivity contribution is 9.10. The predicted molar refractivity (Wildman–Crippen MR) is 126 cm³/mol. The molecule has 1 aliphatic rings. The molecule has 1 aliphatic heterocycles. The number of fused-ring (bicyclic) bond motifs is 1. The summed E-state index contributed by atoms with van der Waals surface area (Å²) in [5.41, 5.74) is 3.92. The molecule has 2 aromatic carbocycles. The number of carboxylic acid groups (broad SMARTS) is 1. The molecule has 32 heavy (non-hydrogen) atoms. The minimum atomic E-state index is -0.944. The van der Waals surface area contributed by atoms with Gasteiger partial charge in [-0.1, -0.05) is 42.5 Å². The van der Waals surface area contributed by atoms with Crippen molar-refractivity contribution in [3.8, 4) is 11.4 Å². The van der Waals surface area contributed by atoms with Gasteiger partial charge in [-0.25, -0.2) is 14.8 Å². The molecule has 3 heterocycles. The molecule has 1 atom stereocenters. The third kappa shape index (κ3) is 3.94. The van der Waals surface area contributed by atoms with Gasteiger partial charge in [0.05, 0.1) is 11.6 Å². The normalized spacial score (nSPS) is 15.7. The lowest BCUT2D eigenvalue weighted by Gasteiger charge is -2.33. The average Bonchev–Trinajstić information content (AvgIpc) is 3.19. The molecule has 0 aliphatic carbocycles. The molecule has 4 aromatic rings. The van der Waals surface area contributed by atoms with E-state index in [0.29, 0.717) is 5.92 Å². The van der Waals surface area contributed by atoms with E-state index in [4.69, 9.17) is 14.7 Å². The van der Waals surface area contributed by atoms with Crippen LogP contribution in [-0.2, 0) is 4.74 Å². The molecule has 5 rings (SSSR count). The number of hydrogen-bond acceptors (Lipinski definition) is 4. The van der Waals surface area contributed by atoms with Gasteiger partial charge in [-0.15, -0.1) is 0 Å². The number of carbonyl (C=O) groups is 1. The van der Waals surface area contributed by atoms with E-state index in [1.165, 1.54) is 5.56 Å². The molecular weight excluding hydrogens is 470 g/mol. The van der Waals surface area contributed by atoms with Crippen molar-refractivity contribution in [3.63, 3.8) is 0 Å². The number of rotatable bonds is 5. The lowest BCUT2D eigenvalue weighted by molar-refractivity contribution is 0.0548. The van der Waals surface area contributed by atoms with E-state index in [9.17, 15) is 9.90 Å². The van der Waals surface area contributed by atoms with Gasteiger partial charge in [0.1, 0.15) is 11.3 Å². The maximum absolute atomic E-state index is 11.3. The summed E-state index contributed by atoms with van der Waals surface area (Å²) in [4.78, 5) is 21.0. The van der Waals surface area contributed by atoms with Crippen molar-refractivity contribution in [1.29, 1.82) is 0 Å². The minimum Gasteiger partial charge on any atom is -0.478 e. The largest absolute Gasteiger partial charge is 0.478 e. The first kappa shape index (κ1) is 20.8. The molecule has 162 valence electrons. The van der Waals surface area contributed by atoms with Gasteiger partial charge in [-0.3, -0.25) is 0 Å². The second-order valence-corrected chi connectivity index (χ2v) is 8.91. The summed E-state index contributed by atoms with van der Waals surface area (Å²) in [5.74, 6) is 0.203. The molecule has 1 fully saturated rings. The maximum Gasteiger partial charge on any atom is 0.335 e. The molecule has 7 heteroatoms. The van der Waals surface area contributed by atoms with Crippen molar-refractivity contribution >= 4 is 33.1 Å². The van der Waals surface area contributed by atoms with Gasteiger partial charge in [0.25, 0.3) is 0 Å². The second-order valence-electron chi connectivity index (χ2n) is 7.99. The van der Waals surface area contributed by atoms with Crippen LogP contribution in [0, 0.1) is 5.92 Å². The Hall–Kier alpha value is -3.03. The van der Waals surface area contributed by atoms with Gasteiger partial charge < -0.3 is 14.4 Å². The van der Waals surface area contributed by atoms with Crippen molar-refractivity contribution in [1.82, 2.24) is 14.5 Å². The summed E-state index contributed by atoms with van der Waals surface area (Å²) >= 11 is 3.51. The second kappa shape index (κ2) is 8.84. The van der Waals surface area contributed by atoms with Crippen LogP contribution in [0.1, 0.15) is 34.8 Å². The van der Waals surface area contributed by atoms with Crippen LogP contribution in [0.2, 0.25) is 0 Å². The Morgan fingerprint density at radius 2 is 1.81 bits per heavy atom. The Balaban J connectivity index is 1.74. The van der Waals surface area contributed by atoms with Gasteiger partial charge in [0.2, 0.25) is 0 Å². The molecule has 1 saturated heterocycles. The van der Waals surface area contributed by atoms with Gasteiger partial charge in [-0.2, -0.15) is 0 Å². The van der Waals surface area contributed by atoms with Crippen LogP contribution in [-0.4, -0.2) is 38.8 Å². The maximum atomic E-state index is 11.3. The molecule has 0 radical (unpaired) electrons. The highest BCUT2D eigenvalue weighted by Gasteiger charge is 2.31. The Morgan fingerprint density at radius 3 is 2.50 bits per heavy atom. The number of pyridine rings is 1. The van der Waals surface area contributed by atoms with E-state index < -0.39 is 5.97 Å². The Labute approximate surface area is 194 Å². The van der Waals surface area contributed by atoms with Gasteiger partial charge >= 0.3 is 5.97 Å². The van der Waals surface area contributed by atoms with E-state index in [1.54, 1.807) is 18.3 Å². The topological polar surface area (TPSA) is 77.2 Å². The highest BCUT2D eigenvalue weighted by atomic mass is 79.9. The van der Waals surface area contributed by atoms with Crippen molar-refractivity contribution in [3.05, 3.63) is 82.5 Å². The molecule has 1 unspecified atom stereocenters. The monoisotopic (exact) mass is 491 g/mol. The summed E-state index contributed by atoms with van der Waals surface area (Å²) < 4.78 is 8.75. The van der Waals surface area contributed by atoms with E-state index in [-0.39, 0.29) is 11.6 Å². The third-order valence-electron chi connectivity index (χ3n) is 6.02. The van der Waals surface area contributed by atoms with E-state index in [1.807, 2.05) is 24.3 Å². The van der Waals surface area contributed by atoms with Crippen LogP contribution in [0.5, 0.6) is 0 Å². The summed E-state index contributed by atoms with van der Waals surface area (Å²) in [6, 6.07) is 19.4. The van der Waals surface area contributed by atoms with E-state index in [2.05, 4.69) is 44.8 Å². The van der Waals surface area contributed by atoms with Crippen molar-refractivity contribution < 1.29 is 14.6 Å². The quantitative estimate of drug-likeness (QED) is 0.394. The zero-order valence-electron chi connectivity index (χ0n) is 17.3. The summed E-state index contributed by atoms with van der Waals surface area (Å²) in [7, 11) is 0. The van der Waals surface area contributed by atoms with Crippen molar-refractivity contribution in [2.24, 2.45) is 5.92 Å². The fraction of sp³-hybridized carbons (Fsp3) is 0.240. The molecule has 0 saturated carbocycles. The van der Waals surface area contributed by atoms with Crippen LogP contribution in [0.25, 0.3) is 22.6 Å². The lowest BCUT2D eigenvalue weighted by atomic mass is 9.86. The van der Waals surface area contributed by atoms with E-state index >= 15 is 0 Å². The Bertz CT molecular complexity index is 1250. The van der Waals surface area contributed by atoms with Gasteiger partial charge in [-0.05, 0) is 58.5 Å². The zero-order chi connectivity index (χ0) is 22.1. The number of imidazole rings is 1. The molecule has 2 aromatic heterocycles. The fourth-order valence-corrected chi connectivity index (χ4v) is 4.82. The lowest BCUT2D eigenvalue weighted by Crippen LogP contribution is -2.27. The van der Waals surface area contributed by atoms with E-state index in [0.717, 1.165) is 53.1 Å². The first-order chi connectivity index (χ1) is 15.6. The van der Waals surface area contributed by atoms with Crippen LogP contribution < -0.4 is 0 Å². The first-order valence-corrected chi connectivity index (χ1v) is 11.4. The molecular formula is C25H22BrN3O3. The number of halogens is 1. The Morgan fingerprint density at radius 1 is 1.09 bits per heavy atom. The smallest absolute Gasteiger partial charge is 0.335 e. The first-order valence-electron chi connectivity index (χ1n) is 10.6. The standard InChI is InChI=1S/C25H22BrN3O3/c26-20-14-21-24(27-15-20)29(23(28-21)18-6-8-19(9-7-18)25(30)31)22(16-4-2-1-3-5-16)17-10-12-32-13-11-17/h1-9,14-15,17,22H,10-13H2,(H,30,31). The summed E-state index contributed by atoms with van der Waals surface area (Å²) in [6.45, 7) is 1.48. The number of aromatic carboxylic acids is 1. The Kier molecular flexibility index (Phi) is 5.76. The number of aromatic nitrogens is 3. The fourth-order valence-electron chi connectivity index (χ4n) is 4.50. The molecule has 0 spiro atoms. The van der Waals surface area contributed by atoms with Crippen molar-refractivity contribution in [2.75, 3.05) is 13.2 Å². The third-order valence-corrected chi connectivity index (χ3v) is 6.45. The number of nitrogens with zero attached hydrogens (tertiary/aromatic N) is 3. The minimum absolute atomic E-state index is 0.0351. The number of hydrogen-bond donors (Lipinski definition) is 1. The number of ether oxygens (including phenoxy) is 1. The van der Waals surface area contributed by atoms with Gasteiger partial charge in [0.15, 0.2) is 5.65 Å². The molecule has 6 nitrogen and oxygen atoms in total. The zero-order valence-corrected chi connectivity index (χ0v) is 18.9. The summed E-state index contributed by atoms with van der Waals surface area (Å²) in [6.07, 6.45) is 3.70. The highest BCUT2D eigenvalue weighted by Crippen LogP contribution is 2.39. The van der Waals surface area contributed by atoms with Crippen molar-refractivity contribution in [2.45, 2.75) is 18.9 Å². The molecule has 0 bridgehead atoms.